The van der Waals surface area contributed by atoms with E-state index < -0.39 is 4.92 Å². The maximum Gasteiger partial charge on any atom is 0.314 e. The number of nitro groups is 1. The first-order chi connectivity index (χ1) is 10.1. The summed E-state index contributed by atoms with van der Waals surface area (Å²) in [5, 5.41) is 20.1. The van der Waals surface area contributed by atoms with Crippen molar-refractivity contribution in [2.45, 2.75) is 0 Å². The van der Waals surface area contributed by atoms with Crippen LogP contribution >= 0.6 is 15.9 Å². The van der Waals surface area contributed by atoms with Gasteiger partial charge in [-0.2, -0.15) is 5.26 Å². The number of benzene rings is 2. The van der Waals surface area contributed by atoms with Gasteiger partial charge in [0.25, 0.3) is 0 Å². The van der Waals surface area contributed by atoms with Crippen molar-refractivity contribution in [3.05, 3.63) is 56.5 Å². The maximum absolute atomic E-state index is 11.0. The van der Waals surface area contributed by atoms with Gasteiger partial charge in [-0.3, -0.25) is 10.1 Å². The summed E-state index contributed by atoms with van der Waals surface area (Å²) in [6, 6.07) is 11.3. The molecule has 0 fully saturated rings. The predicted octanol–water partition coefficient (Wildman–Crippen LogP) is 4.03. The van der Waals surface area contributed by atoms with Crippen LogP contribution in [-0.2, 0) is 0 Å². The second-order valence-corrected chi connectivity index (χ2v) is 4.77. The standard InChI is InChI=1S/C14H9BrN2O4/c1-20-14-6-5-9(7-12(14)17(18)19)21-13-4-2-3-11(15)10(13)8-16/h2-7H,1H3. The molecule has 0 amide bonds. The zero-order valence-corrected chi connectivity index (χ0v) is 12.5. The Balaban J connectivity index is 2.42. The third kappa shape index (κ3) is 3.12. The van der Waals surface area contributed by atoms with Gasteiger partial charge in [-0.15, -0.1) is 0 Å². The van der Waals surface area contributed by atoms with Crippen LogP contribution in [-0.4, -0.2) is 12.0 Å². The van der Waals surface area contributed by atoms with E-state index in [1.165, 1.54) is 25.3 Å². The van der Waals surface area contributed by atoms with Gasteiger partial charge >= 0.3 is 5.69 Å². The molecule has 0 radical (unpaired) electrons. The van der Waals surface area contributed by atoms with Crippen molar-refractivity contribution >= 4 is 21.6 Å². The van der Waals surface area contributed by atoms with Gasteiger partial charge in [-0.25, -0.2) is 0 Å². The monoisotopic (exact) mass is 348 g/mol. The number of ether oxygens (including phenoxy) is 2. The minimum absolute atomic E-state index is 0.141. The van der Waals surface area contributed by atoms with Crippen LogP contribution in [0.15, 0.2) is 40.9 Å². The summed E-state index contributed by atoms with van der Waals surface area (Å²) in [4.78, 5) is 10.4. The largest absolute Gasteiger partial charge is 0.490 e. The maximum atomic E-state index is 11.0. The van der Waals surface area contributed by atoms with Gasteiger partial charge in [-0.05, 0) is 40.2 Å². The van der Waals surface area contributed by atoms with E-state index in [2.05, 4.69) is 15.9 Å². The van der Waals surface area contributed by atoms with Crippen LogP contribution < -0.4 is 9.47 Å². The predicted molar refractivity (Wildman–Crippen MR) is 78.6 cm³/mol. The lowest BCUT2D eigenvalue weighted by molar-refractivity contribution is -0.385. The fraction of sp³-hybridized carbons (Fsp3) is 0.0714. The van der Waals surface area contributed by atoms with Gasteiger partial charge < -0.3 is 9.47 Å². The van der Waals surface area contributed by atoms with Crippen LogP contribution in [0.2, 0.25) is 0 Å². The molecule has 0 N–H and O–H groups in total. The van der Waals surface area contributed by atoms with E-state index in [0.29, 0.717) is 15.8 Å². The highest BCUT2D eigenvalue weighted by molar-refractivity contribution is 9.10. The summed E-state index contributed by atoms with van der Waals surface area (Å²) in [5.41, 5.74) is 0.111. The molecule has 0 aliphatic carbocycles. The van der Waals surface area contributed by atoms with E-state index in [9.17, 15) is 10.1 Å². The zero-order chi connectivity index (χ0) is 15.4. The first-order valence-electron chi connectivity index (χ1n) is 5.75. The molecular weight excluding hydrogens is 340 g/mol. The molecule has 0 saturated heterocycles. The van der Waals surface area contributed by atoms with Gasteiger partial charge in [-0.1, -0.05) is 6.07 Å². The van der Waals surface area contributed by atoms with Gasteiger partial charge in [0.15, 0.2) is 5.75 Å². The number of nitriles is 1. The molecule has 2 aromatic carbocycles. The van der Waals surface area contributed by atoms with Crippen molar-refractivity contribution in [3.63, 3.8) is 0 Å². The van der Waals surface area contributed by atoms with Crippen molar-refractivity contribution in [1.82, 2.24) is 0 Å². The van der Waals surface area contributed by atoms with Gasteiger partial charge in [0.2, 0.25) is 0 Å². The Morgan fingerprint density at radius 1 is 1.29 bits per heavy atom. The molecule has 7 heteroatoms. The van der Waals surface area contributed by atoms with Crippen LogP contribution in [0.4, 0.5) is 5.69 Å². The van der Waals surface area contributed by atoms with Crippen molar-refractivity contribution in [2.24, 2.45) is 0 Å². The van der Waals surface area contributed by atoms with Gasteiger partial charge in [0, 0.05) is 4.47 Å². The van der Waals surface area contributed by atoms with E-state index in [1.807, 2.05) is 6.07 Å². The topological polar surface area (TPSA) is 85.4 Å². The normalized spacial score (nSPS) is 9.76. The van der Waals surface area contributed by atoms with Crippen molar-refractivity contribution < 1.29 is 14.4 Å². The van der Waals surface area contributed by atoms with E-state index in [1.54, 1.807) is 18.2 Å². The SMILES string of the molecule is COc1ccc(Oc2cccc(Br)c2C#N)cc1[N+](=O)[O-]. The Bertz CT molecular complexity index is 740. The second kappa shape index (κ2) is 6.24. The van der Waals surface area contributed by atoms with E-state index >= 15 is 0 Å². The molecule has 0 aliphatic heterocycles. The Kier molecular flexibility index (Phi) is 4.40. The van der Waals surface area contributed by atoms with E-state index in [-0.39, 0.29) is 17.2 Å². The molecule has 0 saturated carbocycles. The number of hydrogen-bond acceptors (Lipinski definition) is 5. The third-order valence-corrected chi connectivity index (χ3v) is 3.32. The molecule has 0 bridgehead atoms. The van der Waals surface area contributed by atoms with E-state index in [0.717, 1.165) is 0 Å². The second-order valence-electron chi connectivity index (χ2n) is 3.92. The van der Waals surface area contributed by atoms with Crippen molar-refractivity contribution in [1.29, 1.82) is 5.26 Å². The molecule has 0 aliphatic rings. The molecule has 0 atom stereocenters. The molecule has 0 heterocycles. The Labute approximate surface area is 128 Å². The number of methoxy groups -OCH3 is 1. The summed E-state index contributed by atoms with van der Waals surface area (Å²) in [6.07, 6.45) is 0. The smallest absolute Gasteiger partial charge is 0.314 e. The third-order valence-electron chi connectivity index (χ3n) is 2.66. The molecule has 0 aromatic heterocycles. The summed E-state index contributed by atoms with van der Waals surface area (Å²) >= 11 is 3.25. The van der Waals surface area contributed by atoms with Crippen LogP contribution in [0, 0.1) is 21.4 Å². The average molecular weight is 349 g/mol. The number of halogens is 1. The highest BCUT2D eigenvalue weighted by Crippen LogP contribution is 2.35. The van der Waals surface area contributed by atoms with Crippen LogP contribution in [0.25, 0.3) is 0 Å². The molecule has 0 spiro atoms. The van der Waals surface area contributed by atoms with Crippen LogP contribution in [0.1, 0.15) is 5.56 Å². The fourth-order valence-corrected chi connectivity index (χ4v) is 2.14. The lowest BCUT2D eigenvalue weighted by Crippen LogP contribution is -1.95. The van der Waals surface area contributed by atoms with Crippen molar-refractivity contribution in [2.75, 3.05) is 7.11 Å². The van der Waals surface area contributed by atoms with Gasteiger partial charge in [0.1, 0.15) is 23.1 Å². The molecular formula is C14H9BrN2O4. The quantitative estimate of drug-likeness (QED) is 0.614. The van der Waals surface area contributed by atoms with Crippen LogP contribution in [0.5, 0.6) is 17.2 Å². The lowest BCUT2D eigenvalue weighted by atomic mass is 10.2. The first-order valence-corrected chi connectivity index (χ1v) is 6.55. The Hall–Kier alpha value is -2.59. The Morgan fingerprint density at radius 3 is 2.67 bits per heavy atom. The summed E-state index contributed by atoms with van der Waals surface area (Å²) in [6.45, 7) is 0. The number of rotatable bonds is 4. The molecule has 0 unspecified atom stereocenters. The summed E-state index contributed by atoms with van der Waals surface area (Å²) < 4.78 is 11.1. The average Bonchev–Trinajstić information content (AvgIpc) is 2.47. The fourth-order valence-electron chi connectivity index (χ4n) is 1.70. The van der Waals surface area contributed by atoms with Gasteiger partial charge in [0.05, 0.1) is 18.1 Å². The first kappa shape index (κ1) is 14.8. The Morgan fingerprint density at radius 2 is 2.05 bits per heavy atom. The summed E-state index contributed by atoms with van der Waals surface area (Å²) in [7, 11) is 1.35. The minimum Gasteiger partial charge on any atom is -0.490 e. The van der Waals surface area contributed by atoms with Crippen LogP contribution in [0.3, 0.4) is 0 Å². The minimum atomic E-state index is -0.558. The van der Waals surface area contributed by atoms with Crippen molar-refractivity contribution in [3.8, 4) is 23.3 Å². The lowest BCUT2D eigenvalue weighted by Gasteiger charge is -2.09. The summed E-state index contributed by atoms with van der Waals surface area (Å²) in [5.74, 6) is 0.700. The molecule has 106 valence electrons. The highest BCUT2D eigenvalue weighted by Gasteiger charge is 2.17. The highest BCUT2D eigenvalue weighted by atomic mass is 79.9. The molecule has 21 heavy (non-hydrogen) atoms. The molecule has 2 rings (SSSR count). The molecule has 2 aromatic rings. The number of nitro benzene ring substituents is 1. The number of hydrogen-bond donors (Lipinski definition) is 0. The number of nitrogens with zero attached hydrogens (tertiary/aromatic N) is 2. The van der Waals surface area contributed by atoms with E-state index in [4.69, 9.17) is 14.7 Å². The zero-order valence-electron chi connectivity index (χ0n) is 10.9. The molecule has 6 nitrogen and oxygen atoms in total.